The summed E-state index contributed by atoms with van der Waals surface area (Å²) < 4.78 is 0. The first-order chi connectivity index (χ1) is 6.79. The van der Waals surface area contributed by atoms with Crippen molar-refractivity contribution in [1.82, 2.24) is 4.90 Å². The summed E-state index contributed by atoms with van der Waals surface area (Å²) in [6.45, 7) is 0. The molecule has 0 fully saturated rings. The zero-order chi connectivity index (χ0) is 10.2. The number of nitrogens with zero attached hydrogens (tertiary/aromatic N) is 1. The molecule has 0 aliphatic carbocycles. The average Bonchev–Trinajstić information content (AvgIpc) is 2.18. The van der Waals surface area contributed by atoms with E-state index in [1.165, 1.54) is 5.56 Å². The largest absolute Gasteiger partial charge is 0.383 e. The zero-order valence-electron chi connectivity index (χ0n) is 8.85. The molecule has 0 saturated carbocycles. The summed E-state index contributed by atoms with van der Waals surface area (Å²) in [5.41, 5.74) is 1.35. The number of allylic oxidation sites excluding steroid dienone is 3. The standard InChI is InChI=1S/C13H17N/c1-14(2)12-8-4-7-11-13-9-5-3-6-10-13/h3-10,12H,11H2,1-2H3/b7-4+,12-8+. The van der Waals surface area contributed by atoms with Crippen LogP contribution in [-0.2, 0) is 6.42 Å². The van der Waals surface area contributed by atoms with E-state index in [-0.39, 0.29) is 0 Å². The van der Waals surface area contributed by atoms with Crippen LogP contribution in [0.2, 0.25) is 0 Å². The minimum Gasteiger partial charge on any atom is -0.383 e. The molecule has 0 radical (unpaired) electrons. The molecule has 0 atom stereocenters. The van der Waals surface area contributed by atoms with Crippen molar-refractivity contribution in [1.29, 1.82) is 0 Å². The fourth-order valence-corrected chi connectivity index (χ4v) is 1.12. The first-order valence-corrected chi connectivity index (χ1v) is 4.83. The van der Waals surface area contributed by atoms with Crippen molar-refractivity contribution < 1.29 is 0 Å². The van der Waals surface area contributed by atoms with Crippen LogP contribution in [0.1, 0.15) is 5.56 Å². The van der Waals surface area contributed by atoms with E-state index in [0.29, 0.717) is 0 Å². The third-order valence-electron chi connectivity index (χ3n) is 1.83. The van der Waals surface area contributed by atoms with Gasteiger partial charge in [-0.3, -0.25) is 0 Å². The number of hydrogen-bond donors (Lipinski definition) is 0. The molecule has 0 heterocycles. The van der Waals surface area contributed by atoms with Crippen molar-refractivity contribution in [2.75, 3.05) is 14.1 Å². The Balaban J connectivity index is 2.34. The monoisotopic (exact) mass is 187 g/mol. The van der Waals surface area contributed by atoms with Crippen molar-refractivity contribution in [2.45, 2.75) is 6.42 Å². The zero-order valence-corrected chi connectivity index (χ0v) is 8.85. The topological polar surface area (TPSA) is 3.24 Å². The molecule has 1 rings (SSSR count). The molecule has 0 aliphatic rings. The van der Waals surface area contributed by atoms with E-state index in [1.54, 1.807) is 0 Å². The molecule has 1 aromatic rings. The van der Waals surface area contributed by atoms with Gasteiger partial charge in [-0.2, -0.15) is 0 Å². The maximum absolute atomic E-state index is 2.16. The van der Waals surface area contributed by atoms with Crippen LogP contribution >= 0.6 is 0 Å². The first kappa shape index (κ1) is 10.6. The van der Waals surface area contributed by atoms with Gasteiger partial charge in [0.05, 0.1) is 0 Å². The molecule has 0 bridgehead atoms. The molecule has 0 N–H and O–H groups in total. The van der Waals surface area contributed by atoms with Crippen LogP contribution in [-0.4, -0.2) is 19.0 Å². The lowest BCUT2D eigenvalue weighted by molar-refractivity contribution is 0.564. The van der Waals surface area contributed by atoms with Crippen LogP contribution < -0.4 is 0 Å². The lowest BCUT2D eigenvalue weighted by Crippen LogP contribution is -1.99. The summed E-state index contributed by atoms with van der Waals surface area (Å²) in [6, 6.07) is 10.5. The molecule has 14 heavy (non-hydrogen) atoms. The van der Waals surface area contributed by atoms with E-state index in [4.69, 9.17) is 0 Å². The van der Waals surface area contributed by atoms with Gasteiger partial charge in [0.1, 0.15) is 0 Å². The van der Waals surface area contributed by atoms with E-state index in [1.807, 2.05) is 37.3 Å². The van der Waals surface area contributed by atoms with Gasteiger partial charge < -0.3 is 4.90 Å². The highest BCUT2D eigenvalue weighted by molar-refractivity contribution is 5.18. The third kappa shape index (κ3) is 4.51. The van der Waals surface area contributed by atoms with Crippen molar-refractivity contribution in [3.05, 3.63) is 60.3 Å². The fourth-order valence-electron chi connectivity index (χ4n) is 1.12. The Morgan fingerprint density at radius 3 is 2.43 bits per heavy atom. The van der Waals surface area contributed by atoms with Gasteiger partial charge in [-0.1, -0.05) is 42.5 Å². The molecule has 0 unspecified atom stereocenters. The van der Waals surface area contributed by atoms with Crippen LogP contribution in [0.15, 0.2) is 54.8 Å². The van der Waals surface area contributed by atoms with Crippen molar-refractivity contribution >= 4 is 0 Å². The maximum Gasteiger partial charge on any atom is 0.00556 e. The summed E-state index contributed by atoms with van der Waals surface area (Å²) in [5, 5.41) is 0. The molecular formula is C13H17N. The normalized spacial score (nSPS) is 11.3. The molecular weight excluding hydrogens is 170 g/mol. The summed E-state index contributed by atoms with van der Waals surface area (Å²) in [6.07, 6.45) is 9.31. The van der Waals surface area contributed by atoms with Gasteiger partial charge in [-0.05, 0) is 24.3 Å². The Labute approximate surface area is 86.4 Å². The number of rotatable bonds is 4. The van der Waals surface area contributed by atoms with E-state index in [2.05, 4.69) is 36.4 Å². The number of benzene rings is 1. The highest BCUT2D eigenvalue weighted by atomic mass is 15.0. The van der Waals surface area contributed by atoms with Gasteiger partial charge in [0, 0.05) is 14.1 Å². The second kappa shape index (κ2) is 6.03. The molecule has 74 valence electrons. The van der Waals surface area contributed by atoms with Crippen molar-refractivity contribution in [2.24, 2.45) is 0 Å². The fraction of sp³-hybridized carbons (Fsp3) is 0.231. The van der Waals surface area contributed by atoms with Gasteiger partial charge in [0.25, 0.3) is 0 Å². The molecule has 0 amide bonds. The molecule has 0 saturated heterocycles. The Morgan fingerprint density at radius 1 is 1.07 bits per heavy atom. The number of hydrogen-bond acceptors (Lipinski definition) is 1. The SMILES string of the molecule is CN(C)/C=C/C=C/Cc1ccccc1. The molecule has 1 heteroatoms. The minimum atomic E-state index is 0.999. The van der Waals surface area contributed by atoms with E-state index in [9.17, 15) is 0 Å². The predicted molar refractivity (Wildman–Crippen MR) is 62.1 cm³/mol. The van der Waals surface area contributed by atoms with Crippen LogP contribution in [0.25, 0.3) is 0 Å². The highest BCUT2D eigenvalue weighted by Gasteiger charge is 1.83. The Morgan fingerprint density at radius 2 is 1.79 bits per heavy atom. The van der Waals surface area contributed by atoms with Crippen LogP contribution in [0.5, 0.6) is 0 Å². The average molecular weight is 187 g/mol. The first-order valence-electron chi connectivity index (χ1n) is 4.83. The summed E-state index contributed by atoms with van der Waals surface area (Å²) >= 11 is 0. The molecule has 0 aliphatic heterocycles. The van der Waals surface area contributed by atoms with Gasteiger partial charge in [-0.15, -0.1) is 0 Å². The summed E-state index contributed by atoms with van der Waals surface area (Å²) in [5.74, 6) is 0. The Bertz CT molecular complexity index is 296. The van der Waals surface area contributed by atoms with Crippen LogP contribution in [0, 0.1) is 0 Å². The lowest BCUT2D eigenvalue weighted by Gasteiger charge is -2.00. The van der Waals surface area contributed by atoms with Gasteiger partial charge in [0.15, 0.2) is 0 Å². The molecule has 0 spiro atoms. The van der Waals surface area contributed by atoms with Crippen molar-refractivity contribution in [3.63, 3.8) is 0 Å². The van der Waals surface area contributed by atoms with Crippen LogP contribution in [0.3, 0.4) is 0 Å². The quantitative estimate of drug-likeness (QED) is 0.655. The predicted octanol–water partition coefficient (Wildman–Crippen LogP) is 2.86. The van der Waals surface area contributed by atoms with Crippen LogP contribution in [0.4, 0.5) is 0 Å². The molecule has 1 aromatic carbocycles. The summed E-state index contributed by atoms with van der Waals surface area (Å²) in [7, 11) is 4.03. The highest BCUT2D eigenvalue weighted by Crippen LogP contribution is 1.99. The Hall–Kier alpha value is -1.50. The Kier molecular flexibility index (Phi) is 4.56. The van der Waals surface area contributed by atoms with Crippen molar-refractivity contribution in [3.8, 4) is 0 Å². The van der Waals surface area contributed by atoms with Gasteiger partial charge in [0.2, 0.25) is 0 Å². The second-order valence-corrected chi connectivity index (χ2v) is 3.42. The van der Waals surface area contributed by atoms with Gasteiger partial charge in [-0.25, -0.2) is 0 Å². The van der Waals surface area contributed by atoms with E-state index >= 15 is 0 Å². The van der Waals surface area contributed by atoms with Gasteiger partial charge >= 0.3 is 0 Å². The second-order valence-electron chi connectivity index (χ2n) is 3.42. The minimum absolute atomic E-state index is 0.999. The maximum atomic E-state index is 2.16. The molecule has 0 aromatic heterocycles. The van der Waals surface area contributed by atoms with E-state index < -0.39 is 0 Å². The summed E-state index contributed by atoms with van der Waals surface area (Å²) in [4.78, 5) is 2.02. The lowest BCUT2D eigenvalue weighted by atomic mass is 10.1. The smallest absolute Gasteiger partial charge is 0.00556 e. The molecule has 1 nitrogen and oxygen atoms in total. The third-order valence-corrected chi connectivity index (χ3v) is 1.83. The van der Waals surface area contributed by atoms with E-state index in [0.717, 1.165) is 6.42 Å².